The Balaban J connectivity index is 1.77. The quantitative estimate of drug-likeness (QED) is 0.373. The first kappa shape index (κ1) is 22.4. The van der Waals surface area contributed by atoms with Crippen molar-refractivity contribution in [2.45, 2.75) is 13.0 Å². The van der Waals surface area contributed by atoms with Crippen LogP contribution in [-0.4, -0.2) is 36.3 Å². The predicted molar refractivity (Wildman–Crippen MR) is 117 cm³/mol. The van der Waals surface area contributed by atoms with Gasteiger partial charge in [-0.25, -0.2) is 4.79 Å². The maximum Gasteiger partial charge on any atom is 0.380 e. The average molecular weight is 500 g/mol. The number of benzene rings is 2. The minimum atomic E-state index is -4.13. The zero-order valence-corrected chi connectivity index (χ0v) is 18.7. The van der Waals surface area contributed by atoms with E-state index in [0.29, 0.717) is 32.6 Å². The van der Waals surface area contributed by atoms with Gasteiger partial charge in [0.25, 0.3) is 15.6 Å². The van der Waals surface area contributed by atoms with Gasteiger partial charge in [-0.1, -0.05) is 23.2 Å². The zero-order chi connectivity index (χ0) is 23.0. The second-order valence-electron chi connectivity index (χ2n) is 7.02. The highest BCUT2D eigenvalue weighted by Crippen LogP contribution is 2.41. The van der Waals surface area contributed by atoms with Crippen LogP contribution in [0, 0.1) is 0 Å². The van der Waals surface area contributed by atoms with Gasteiger partial charge in [0.1, 0.15) is 6.08 Å². The average Bonchev–Trinajstić information content (AvgIpc) is 3.19. The third-order valence-electron chi connectivity index (χ3n) is 4.71. The number of rotatable bonds is 7. The summed E-state index contributed by atoms with van der Waals surface area (Å²) in [6.07, 6.45) is 1.62. The van der Waals surface area contributed by atoms with Gasteiger partial charge in [0.05, 0.1) is 11.4 Å². The van der Waals surface area contributed by atoms with Crippen LogP contribution in [0.5, 0.6) is 5.75 Å². The van der Waals surface area contributed by atoms with E-state index in [-0.39, 0.29) is 31.3 Å². The van der Waals surface area contributed by atoms with Gasteiger partial charge in [0.15, 0.2) is 5.75 Å². The maximum absolute atomic E-state index is 11.4. The standard InChI is InChI=1S/C20H16Cl2N2O7S/c21-12-2-4-16-14(8-12)23(6-1-7-32(27,28)29)18(30-16)10-19-24(11-20(25)26)15-9-13(22)3-5-17(15)31-19/h2-5,8-10H,1,6-7,11H2,(H-,25,26,27,28,29)/p+1. The van der Waals surface area contributed by atoms with Crippen molar-refractivity contribution in [2.24, 2.45) is 0 Å². The summed E-state index contributed by atoms with van der Waals surface area (Å²) < 4.78 is 44.5. The van der Waals surface area contributed by atoms with E-state index in [4.69, 9.17) is 36.9 Å². The molecule has 0 atom stereocenters. The van der Waals surface area contributed by atoms with Gasteiger partial charge < -0.3 is 19.2 Å². The second-order valence-corrected chi connectivity index (χ2v) is 9.47. The molecule has 1 aromatic heterocycles. The minimum Gasteiger partial charge on any atom is -0.477 e. The van der Waals surface area contributed by atoms with Crippen molar-refractivity contribution >= 4 is 62.2 Å². The lowest BCUT2D eigenvalue weighted by molar-refractivity contribution is -0.666. The molecule has 0 spiro atoms. The first-order chi connectivity index (χ1) is 15.1. The number of oxazole rings is 1. The molecule has 168 valence electrons. The summed E-state index contributed by atoms with van der Waals surface area (Å²) in [5.41, 5.74) is 1.52. The van der Waals surface area contributed by atoms with Crippen LogP contribution in [0.1, 0.15) is 12.3 Å². The van der Waals surface area contributed by atoms with Gasteiger partial charge in [0, 0.05) is 22.7 Å². The molecule has 2 N–H and O–H groups in total. The van der Waals surface area contributed by atoms with Gasteiger partial charge in [-0.05, 0) is 36.8 Å². The second kappa shape index (κ2) is 8.62. The topological polar surface area (TPSA) is 121 Å². The lowest BCUT2D eigenvalue weighted by Crippen LogP contribution is -2.39. The predicted octanol–water partition coefficient (Wildman–Crippen LogP) is 3.59. The number of anilines is 1. The van der Waals surface area contributed by atoms with E-state index < -0.39 is 21.8 Å². The van der Waals surface area contributed by atoms with Crippen molar-refractivity contribution in [2.75, 3.05) is 17.2 Å². The van der Waals surface area contributed by atoms with Crippen molar-refractivity contribution < 1.29 is 36.6 Å². The Morgan fingerprint density at radius 2 is 1.88 bits per heavy atom. The molecule has 0 saturated heterocycles. The monoisotopic (exact) mass is 499 g/mol. The van der Waals surface area contributed by atoms with Gasteiger partial charge in [0.2, 0.25) is 18.0 Å². The smallest absolute Gasteiger partial charge is 0.380 e. The summed E-state index contributed by atoms with van der Waals surface area (Å²) in [5.74, 6) is -0.559. The molecule has 0 fully saturated rings. The fourth-order valence-corrected chi connectivity index (χ4v) is 4.23. The van der Waals surface area contributed by atoms with Gasteiger partial charge in [-0.3, -0.25) is 4.55 Å². The molecule has 0 saturated carbocycles. The van der Waals surface area contributed by atoms with Crippen LogP contribution in [0.15, 0.2) is 46.7 Å². The van der Waals surface area contributed by atoms with E-state index in [2.05, 4.69) is 0 Å². The fourth-order valence-electron chi connectivity index (χ4n) is 3.40. The van der Waals surface area contributed by atoms with Crippen LogP contribution in [0.25, 0.3) is 17.2 Å². The van der Waals surface area contributed by atoms with E-state index in [1.54, 1.807) is 41.3 Å². The molecule has 1 aliphatic heterocycles. The number of hydrogen-bond donors (Lipinski definition) is 2. The van der Waals surface area contributed by atoms with Crippen molar-refractivity contribution in [3.05, 3.63) is 58.2 Å². The number of hydrogen-bond acceptors (Lipinski definition) is 6. The molecule has 1 aliphatic rings. The Morgan fingerprint density at radius 1 is 1.16 bits per heavy atom. The number of aromatic nitrogens is 1. The molecule has 4 rings (SSSR count). The molecule has 0 aliphatic carbocycles. The zero-order valence-electron chi connectivity index (χ0n) is 16.4. The maximum atomic E-state index is 11.4. The van der Waals surface area contributed by atoms with Crippen LogP contribution >= 0.6 is 23.2 Å². The largest absolute Gasteiger partial charge is 0.477 e. The number of ether oxygens (including phenoxy) is 1. The normalized spacial score (nSPS) is 14.7. The van der Waals surface area contributed by atoms with E-state index in [1.807, 2.05) is 0 Å². The number of nitrogens with zero attached hydrogens (tertiary/aromatic N) is 2. The number of aliphatic carboxylic acids is 1. The summed E-state index contributed by atoms with van der Waals surface area (Å²) in [6.45, 7) is -0.196. The molecular weight excluding hydrogens is 483 g/mol. The molecule has 9 nitrogen and oxygen atoms in total. The molecule has 2 aromatic carbocycles. The third kappa shape index (κ3) is 4.83. The van der Waals surface area contributed by atoms with Crippen molar-refractivity contribution in [3.63, 3.8) is 0 Å². The van der Waals surface area contributed by atoms with Crippen LogP contribution < -0.4 is 14.2 Å². The van der Waals surface area contributed by atoms with Crippen LogP contribution in [0.2, 0.25) is 10.0 Å². The lowest BCUT2D eigenvalue weighted by Gasteiger charge is -2.17. The number of carboxylic acid groups (broad SMARTS) is 1. The number of carbonyl (C=O) groups is 1. The highest BCUT2D eigenvalue weighted by molar-refractivity contribution is 7.85. The Hall–Kier alpha value is -2.79. The molecule has 0 amide bonds. The van der Waals surface area contributed by atoms with Gasteiger partial charge >= 0.3 is 11.9 Å². The molecule has 0 unspecified atom stereocenters. The number of carboxylic acids is 1. The number of halogens is 2. The van der Waals surface area contributed by atoms with Gasteiger partial charge in [-0.15, -0.1) is 4.57 Å². The fraction of sp³-hybridized carbons (Fsp3) is 0.200. The van der Waals surface area contributed by atoms with Gasteiger partial charge in [-0.2, -0.15) is 8.42 Å². The van der Waals surface area contributed by atoms with E-state index in [9.17, 15) is 18.3 Å². The first-order valence-electron chi connectivity index (χ1n) is 9.36. The highest BCUT2D eigenvalue weighted by Gasteiger charge is 2.31. The molecular formula is C20H17Cl2N2O7S+. The first-order valence-corrected chi connectivity index (χ1v) is 11.7. The van der Waals surface area contributed by atoms with Crippen molar-refractivity contribution in [1.29, 1.82) is 0 Å². The van der Waals surface area contributed by atoms with Crippen molar-refractivity contribution in [1.82, 2.24) is 0 Å². The Kier molecular flexibility index (Phi) is 6.04. The third-order valence-corrected chi connectivity index (χ3v) is 5.98. The van der Waals surface area contributed by atoms with Crippen molar-refractivity contribution in [3.8, 4) is 5.75 Å². The van der Waals surface area contributed by atoms with E-state index in [0.717, 1.165) is 0 Å². The van der Waals surface area contributed by atoms with E-state index >= 15 is 0 Å². The molecule has 12 heteroatoms. The molecule has 0 bridgehead atoms. The summed E-state index contributed by atoms with van der Waals surface area (Å²) in [6, 6.07) is 9.83. The Morgan fingerprint density at radius 3 is 2.59 bits per heavy atom. The molecule has 32 heavy (non-hydrogen) atoms. The molecule has 3 aromatic rings. The summed E-state index contributed by atoms with van der Waals surface area (Å²) in [7, 11) is -4.13. The minimum absolute atomic E-state index is 0.107. The summed E-state index contributed by atoms with van der Waals surface area (Å²) >= 11 is 12.2. The number of fused-ring (bicyclic) bond motifs is 2. The van der Waals surface area contributed by atoms with E-state index in [1.165, 1.54) is 10.6 Å². The van der Waals surface area contributed by atoms with Crippen LogP contribution in [0.3, 0.4) is 0 Å². The summed E-state index contributed by atoms with van der Waals surface area (Å²) in [4.78, 5) is 13.1. The molecule has 2 heterocycles. The van der Waals surface area contributed by atoms with Crippen LogP contribution in [-0.2, 0) is 21.5 Å². The van der Waals surface area contributed by atoms with Crippen LogP contribution in [0.4, 0.5) is 5.69 Å². The molecule has 0 radical (unpaired) electrons. The Labute approximate surface area is 192 Å². The highest BCUT2D eigenvalue weighted by atomic mass is 35.5. The SMILES string of the molecule is O=C(O)C[n+]1c(C=C2Oc3ccc(Cl)cc3N2CCCS(=O)(=O)O)oc2ccc(Cl)cc21. The Bertz CT molecular complexity index is 1350. The lowest BCUT2D eigenvalue weighted by atomic mass is 10.2. The summed E-state index contributed by atoms with van der Waals surface area (Å²) in [5, 5.41) is 10.2.